The van der Waals surface area contributed by atoms with E-state index in [4.69, 9.17) is 0 Å². The van der Waals surface area contributed by atoms with Gasteiger partial charge in [0.2, 0.25) is 0 Å². The Morgan fingerprint density at radius 1 is 1.15 bits per heavy atom. The molecule has 4 aromatic rings. The van der Waals surface area contributed by atoms with Crippen molar-refractivity contribution >= 4 is 17.2 Å². The van der Waals surface area contributed by atoms with Gasteiger partial charge in [-0.15, -0.1) is 11.3 Å². The third-order valence-electron chi connectivity index (χ3n) is 4.31. The lowest BCUT2D eigenvalue weighted by Crippen LogP contribution is -2.23. The molecule has 27 heavy (non-hydrogen) atoms. The Bertz CT molecular complexity index is 1060. The zero-order valence-electron chi connectivity index (χ0n) is 14.8. The van der Waals surface area contributed by atoms with Crippen LogP contribution in [0, 0.1) is 6.92 Å². The fraction of sp³-hybridized carbons (Fsp3) is 0.0952. The number of carbonyl (C=O) groups is 1. The lowest BCUT2D eigenvalue weighted by Gasteiger charge is -2.07. The number of para-hydroxylation sites is 1. The molecular weight excluding hydrogens is 356 g/mol. The quantitative estimate of drug-likeness (QED) is 0.569. The van der Waals surface area contributed by atoms with Crippen molar-refractivity contribution in [1.82, 2.24) is 20.1 Å². The summed E-state index contributed by atoms with van der Waals surface area (Å²) >= 11 is 1.65. The minimum Gasteiger partial charge on any atom is -0.348 e. The van der Waals surface area contributed by atoms with Gasteiger partial charge in [0.1, 0.15) is 0 Å². The Kier molecular flexibility index (Phi) is 4.80. The van der Waals surface area contributed by atoms with E-state index in [1.54, 1.807) is 28.4 Å². The standard InChI is InChI=1S/C21H18N4OS/c1-15-18(14-24-25(15)17-6-3-2-4-7-17)21(26)23-13-16-9-10-22-19(12-16)20-8-5-11-27-20/h2-12,14H,13H2,1H3,(H,23,26). The number of nitrogens with zero attached hydrogens (tertiary/aromatic N) is 3. The lowest BCUT2D eigenvalue weighted by atomic mass is 10.2. The molecule has 1 aromatic carbocycles. The number of thiophene rings is 1. The molecule has 6 heteroatoms. The van der Waals surface area contributed by atoms with Crippen molar-refractivity contribution in [3.63, 3.8) is 0 Å². The Morgan fingerprint density at radius 2 is 2.00 bits per heavy atom. The summed E-state index contributed by atoms with van der Waals surface area (Å²) in [5.74, 6) is -0.135. The molecule has 0 fully saturated rings. The zero-order chi connectivity index (χ0) is 18.6. The molecule has 0 radical (unpaired) electrons. The smallest absolute Gasteiger partial charge is 0.255 e. The van der Waals surface area contributed by atoms with Crippen LogP contribution in [0.25, 0.3) is 16.3 Å². The summed E-state index contributed by atoms with van der Waals surface area (Å²) in [5.41, 5.74) is 4.25. The van der Waals surface area contributed by atoms with Crippen molar-refractivity contribution in [2.24, 2.45) is 0 Å². The first kappa shape index (κ1) is 17.2. The first-order chi connectivity index (χ1) is 13.2. The van der Waals surface area contributed by atoms with Crippen molar-refractivity contribution in [3.8, 4) is 16.3 Å². The van der Waals surface area contributed by atoms with Crippen LogP contribution in [0.4, 0.5) is 0 Å². The summed E-state index contributed by atoms with van der Waals surface area (Å²) in [5, 5.41) is 9.36. The van der Waals surface area contributed by atoms with E-state index in [1.807, 2.05) is 66.9 Å². The van der Waals surface area contributed by atoms with Crippen LogP contribution in [0.15, 0.2) is 72.4 Å². The van der Waals surface area contributed by atoms with Crippen molar-refractivity contribution < 1.29 is 4.79 Å². The summed E-state index contributed by atoms with van der Waals surface area (Å²) in [6, 6.07) is 17.7. The molecule has 1 amide bonds. The molecule has 0 aliphatic carbocycles. The summed E-state index contributed by atoms with van der Waals surface area (Å²) in [6.07, 6.45) is 3.39. The average molecular weight is 374 g/mol. The maximum atomic E-state index is 12.6. The predicted molar refractivity (Wildman–Crippen MR) is 107 cm³/mol. The third-order valence-corrected chi connectivity index (χ3v) is 5.20. The fourth-order valence-corrected chi connectivity index (χ4v) is 3.58. The number of hydrogen-bond acceptors (Lipinski definition) is 4. The van der Waals surface area contributed by atoms with Gasteiger partial charge >= 0.3 is 0 Å². The van der Waals surface area contributed by atoms with Gasteiger partial charge in [-0.2, -0.15) is 5.10 Å². The van der Waals surface area contributed by atoms with Crippen molar-refractivity contribution in [3.05, 3.63) is 89.2 Å². The molecule has 0 bridgehead atoms. The van der Waals surface area contributed by atoms with E-state index < -0.39 is 0 Å². The summed E-state index contributed by atoms with van der Waals surface area (Å²) in [6.45, 7) is 2.34. The first-order valence-corrected chi connectivity index (χ1v) is 9.47. The fourth-order valence-electron chi connectivity index (χ4n) is 2.88. The molecule has 0 atom stereocenters. The number of benzene rings is 1. The van der Waals surface area contributed by atoms with Gasteiger partial charge in [-0.25, -0.2) is 4.68 Å². The molecule has 3 heterocycles. The van der Waals surface area contributed by atoms with Crippen LogP contribution in [-0.2, 0) is 6.54 Å². The highest BCUT2D eigenvalue weighted by Crippen LogP contribution is 2.23. The van der Waals surface area contributed by atoms with Gasteiger partial charge in [0.05, 0.1) is 33.7 Å². The van der Waals surface area contributed by atoms with E-state index >= 15 is 0 Å². The monoisotopic (exact) mass is 374 g/mol. The van der Waals surface area contributed by atoms with Crippen molar-refractivity contribution in [1.29, 1.82) is 0 Å². The largest absolute Gasteiger partial charge is 0.348 e. The normalized spacial score (nSPS) is 10.7. The highest BCUT2D eigenvalue weighted by molar-refractivity contribution is 7.13. The van der Waals surface area contributed by atoms with Gasteiger partial charge in [-0.05, 0) is 48.2 Å². The van der Waals surface area contributed by atoms with E-state index in [-0.39, 0.29) is 5.91 Å². The number of aromatic nitrogens is 3. The van der Waals surface area contributed by atoms with Crippen LogP contribution in [0.3, 0.4) is 0 Å². The average Bonchev–Trinajstić information content (AvgIpc) is 3.37. The maximum absolute atomic E-state index is 12.6. The molecule has 0 spiro atoms. The number of amides is 1. The maximum Gasteiger partial charge on any atom is 0.255 e. The molecule has 134 valence electrons. The van der Waals surface area contributed by atoms with Gasteiger partial charge in [-0.1, -0.05) is 24.3 Å². The van der Waals surface area contributed by atoms with Crippen molar-refractivity contribution in [2.75, 3.05) is 0 Å². The van der Waals surface area contributed by atoms with Gasteiger partial charge in [-0.3, -0.25) is 9.78 Å². The van der Waals surface area contributed by atoms with E-state index in [9.17, 15) is 4.79 Å². The highest BCUT2D eigenvalue weighted by Gasteiger charge is 2.15. The van der Waals surface area contributed by atoms with Crippen LogP contribution in [0.5, 0.6) is 0 Å². The van der Waals surface area contributed by atoms with Gasteiger partial charge in [0.15, 0.2) is 0 Å². The van der Waals surface area contributed by atoms with E-state index in [0.29, 0.717) is 12.1 Å². The van der Waals surface area contributed by atoms with E-state index in [2.05, 4.69) is 15.4 Å². The number of nitrogens with one attached hydrogen (secondary N) is 1. The molecule has 5 nitrogen and oxygen atoms in total. The Balaban J connectivity index is 1.48. The second kappa shape index (κ2) is 7.55. The molecular formula is C21H18N4OS. The Morgan fingerprint density at radius 3 is 2.78 bits per heavy atom. The first-order valence-electron chi connectivity index (χ1n) is 8.59. The van der Waals surface area contributed by atoms with Crippen LogP contribution in [-0.4, -0.2) is 20.7 Å². The lowest BCUT2D eigenvalue weighted by molar-refractivity contribution is 0.0950. The topological polar surface area (TPSA) is 59.8 Å². The van der Waals surface area contributed by atoms with E-state index in [0.717, 1.165) is 27.5 Å². The highest BCUT2D eigenvalue weighted by atomic mass is 32.1. The Labute approximate surface area is 161 Å². The van der Waals surface area contributed by atoms with Crippen LogP contribution in [0.1, 0.15) is 21.6 Å². The zero-order valence-corrected chi connectivity index (χ0v) is 15.6. The number of rotatable bonds is 5. The number of hydrogen-bond donors (Lipinski definition) is 1. The van der Waals surface area contributed by atoms with Crippen LogP contribution >= 0.6 is 11.3 Å². The number of pyridine rings is 1. The van der Waals surface area contributed by atoms with E-state index in [1.165, 1.54) is 0 Å². The van der Waals surface area contributed by atoms with Crippen LogP contribution < -0.4 is 5.32 Å². The molecule has 1 N–H and O–H groups in total. The van der Waals surface area contributed by atoms with Gasteiger partial charge < -0.3 is 5.32 Å². The molecule has 3 aromatic heterocycles. The third kappa shape index (κ3) is 3.66. The summed E-state index contributed by atoms with van der Waals surface area (Å²) < 4.78 is 1.77. The Hall–Kier alpha value is -3.25. The summed E-state index contributed by atoms with van der Waals surface area (Å²) in [7, 11) is 0. The van der Waals surface area contributed by atoms with Crippen molar-refractivity contribution in [2.45, 2.75) is 13.5 Å². The molecule has 4 rings (SSSR count). The SMILES string of the molecule is Cc1c(C(=O)NCc2ccnc(-c3cccs3)c2)cnn1-c1ccccc1. The van der Waals surface area contributed by atoms with Gasteiger partial charge in [0.25, 0.3) is 5.91 Å². The number of carbonyl (C=O) groups excluding carboxylic acids is 1. The predicted octanol–water partition coefficient (Wildman–Crippen LogP) is 4.23. The van der Waals surface area contributed by atoms with Gasteiger partial charge in [0, 0.05) is 12.7 Å². The van der Waals surface area contributed by atoms with Crippen LogP contribution in [0.2, 0.25) is 0 Å². The molecule has 0 unspecified atom stereocenters. The molecule has 0 saturated carbocycles. The molecule has 0 saturated heterocycles. The second-order valence-electron chi connectivity index (χ2n) is 6.10. The minimum absolute atomic E-state index is 0.135. The molecule has 0 aliphatic rings. The second-order valence-corrected chi connectivity index (χ2v) is 7.05. The minimum atomic E-state index is -0.135. The molecule has 0 aliphatic heterocycles. The summed E-state index contributed by atoms with van der Waals surface area (Å²) in [4.78, 5) is 18.1.